The van der Waals surface area contributed by atoms with Gasteiger partial charge in [0, 0.05) is 35.4 Å². The Morgan fingerprint density at radius 2 is 1.69 bits per heavy atom. The molecular formula is C23H20N2O. The third-order valence-corrected chi connectivity index (χ3v) is 4.64. The van der Waals surface area contributed by atoms with E-state index in [1.165, 1.54) is 5.56 Å². The molecule has 0 aliphatic rings. The summed E-state index contributed by atoms with van der Waals surface area (Å²) in [6.07, 6.45) is 2.76. The van der Waals surface area contributed by atoms with Crippen molar-refractivity contribution in [3.63, 3.8) is 0 Å². The van der Waals surface area contributed by atoms with Crippen molar-refractivity contribution in [3.8, 4) is 0 Å². The number of hydrogen-bond donors (Lipinski definition) is 1. The first-order valence-corrected chi connectivity index (χ1v) is 8.69. The number of carbonyl (C=O) groups is 1. The molecule has 1 heterocycles. The lowest BCUT2D eigenvalue weighted by molar-refractivity contribution is 0.102. The van der Waals surface area contributed by atoms with Crippen molar-refractivity contribution >= 4 is 22.5 Å². The molecule has 1 amide bonds. The summed E-state index contributed by atoms with van der Waals surface area (Å²) in [4.78, 5) is 12.9. The number of nitrogens with one attached hydrogen (secondary N) is 1. The van der Waals surface area contributed by atoms with Crippen molar-refractivity contribution in [2.45, 2.75) is 6.42 Å². The molecule has 0 aliphatic carbocycles. The first kappa shape index (κ1) is 16.2. The molecule has 3 heteroatoms. The van der Waals surface area contributed by atoms with Crippen molar-refractivity contribution in [1.29, 1.82) is 0 Å². The number of benzene rings is 3. The van der Waals surface area contributed by atoms with Crippen LogP contribution < -0.4 is 5.32 Å². The van der Waals surface area contributed by atoms with Crippen LogP contribution in [0.5, 0.6) is 0 Å². The van der Waals surface area contributed by atoms with E-state index in [4.69, 9.17) is 0 Å². The Labute approximate surface area is 152 Å². The van der Waals surface area contributed by atoms with Crippen molar-refractivity contribution in [2.24, 2.45) is 7.05 Å². The normalized spacial score (nSPS) is 10.8. The van der Waals surface area contributed by atoms with E-state index in [1.54, 1.807) is 0 Å². The molecule has 26 heavy (non-hydrogen) atoms. The highest BCUT2D eigenvalue weighted by Crippen LogP contribution is 2.21. The first-order chi connectivity index (χ1) is 12.7. The van der Waals surface area contributed by atoms with E-state index in [0.717, 1.165) is 28.6 Å². The molecule has 0 unspecified atom stereocenters. The van der Waals surface area contributed by atoms with Crippen LogP contribution in [0.15, 0.2) is 85.1 Å². The highest BCUT2D eigenvalue weighted by atomic mass is 16.1. The molecule has 0 spiro atoms. The van der Waals surface area contributed by atoms with E-state index >= 15 is 0 Å². The van der Waals surface area contributed by atoms with E-state index in [2.05, 4.69) is 22.0 Å². The maximum absolute atomic E-state index is 12.9. The number of fused-ring (bicyclic) bond motifs is 1. The lowest BCUT2D eigenvalue weighted by atomic mass is 9.99. The van der Waals surface area contributed by atoms with Crippen LogP contribution in [0.2, 0.25) is 0 Å². The van der Waals surface area contributed by atoms with Gasteiger partial charge < -0.3 is 9.88 Å². The Balaban J connectivity index is 1.59. The second-order valence-electron chi connectivity index (χ2n) is 6.47. The lowest BCUT2D eigenvalue weighted by Gasteiger charge is -2.11. The van der Waals surface area contributed by atoms with Gasteiger partial charge in [-0.05, 0) is 47.9 Å². The third-order valence-electron chi connectivity index (χ3n) is 4.64. The SMILES string of the molecule is Cn1ccc2cc(NC(=O)c3ccccc3Cc3ccccc3)ccc21. The Morgan fingerprint density at radius 3 is 2.54 bits per heavy atom. The minimum absolute atomic E-state index is 0.0770. The highest BCUT2D eigenvalue weighted by molar-refractivity contribution is 6.06. The molecule has 4 rings (SSSR count). The Kier molecular flexibility index (Phi) is 4.28. The Morgan fingerprint density at radius 1 is 0.923 bits per heavy atom. The van der Waals surface area contributed by atoms with Gasteiger partial charge in [0.05, 0.1) is 0 Å². The molecule has 0 fully saturated rings. The molecular weight excluding hydrogens is 320 g/mol. The van der Waals surface area contributed by atoms with Gasteiger partial charge in [-0.25, -0.2) is 0 Å². The molecule has 3 aromatic carbocycles. The maximum atomic E-state index is 12.9. The molecule has 1 aromatic heterocycles. The molecule has 1 N–H and O–H groups in total. The van der Waals surface area contributed by atoms with Crippen LogP contribution in [-0.2, 0) is 13.5 Å². The highest BCUT2D eigenvalue weighted by Gasteiger charge is 2.12. The van der Waals surface area contributed by atoms with Gasteiger partial charge in [-0.3, -0.25) is 4.79 Å². The molecule has 0 aliphatic heterocycles. The smallest absolute Gasteiger partial charge is 0.255 e. The average molecular weight is 340 g/mol. The van der Waals surface area contributed by atoms with E-state index in [9.17, 15) is 4.79 Å². The second kappa shape index (κ2) is 6.89. The molecule has 4 aromatic rings. The summed E-state index contributed by atoms with van der Waals surface area (Å²) in [5.41, 5.74) is 4.88. The third kappa shape index (κ3) is 3.24. The van der Waals surface area contributed by atoms with Gasteiger partial charge in [-0.1, -0.05) is 48.5 Å². The standard InChI is InChI=1S/C23H20N2O/c1-25-14-13-19-16-20(11-12-22(19)25)24-23(26)21-10-6-5-9-18(21)15-17-7-3-2-4-8-17/h2-14,16H,15H2,1H3,(H,24,26). The summed E-state index contributed by atoms with van der Waals surface area (Å²) >= 11 is 0. The summed E-state index contributed by atoms with van der Waals surface area (Å²) in [5.74, 6) is -0.0770. The van der Waals surface area contributed by atoms with Crippen LogP contribution in [0.25, 0.3) is 10.9 Å². The van der Waals surface area contributed by atoms with Crippen LogP contribution in [0.1, 0.15) is 21.5 Å². The monoisotopic (exact) mass is 340 g/mol. The zero-order valence-electron chi connectivity index (χ0n) is 14.6. The van der Waals surface area contributed by atoms with Crippen molar-refractivity contribution in [3.05, 3.63) is 102 Å². The van der Waals surface area contributed by atoms with Crippen LogP contribution in [0.4, 0.5) is 5.69 Å². The number of amides is 1. The number of aryl methyl sites for hydroxylation is 1. The largest absolute Gasteiger partial charge is 0.351 e. The molecule has 3 nitrogen and oxygen atoms in total. The van der Waals surface area contributed by atoms with E-state index in [1.807, 2.05) is 80.0 Å². The fourth-order valence-electron chi connectivity index (χ4n) is 3.27. The predicted molar refractivity (Wildman–Crippen MR) is 107 cm³/mol. The maximum Gasteiger partial charge on any atom is 0.255 e. The molecule has 0 atom stereocenters. The Hall–Kier alpha value is -3.33. The van der Waals surface area contributed by atoms with Crippen LogP contribution in [-0.4, -0.2) is 10.5 Å². The number of hydrogen-bond acceptors (Lipinski definition) is 1. The predicted octanol–water partition coefficient (Wildman–Crippen LogP) is 5.02. The van der Waals surface area contributed by atoms with Crippen molar-refractivity contribution < 1.29 is 4.79 Å². The van der Waals surface area contributed by atoms with E-state index in [-0.39, 0.29) is 5.91 Å². The topological polar surface area (TPSA) is 34.0 Å². The summed E-state index contributed by atoms with van der Waals surface area (Å²) in [6.45, 7) is 0. The zero-order chi connectivity index (χ0) is 17.9. The van der Waals surface area contributed by atoms with Gasteiger partial charge in [-0.15, -0.1) is 0 Å². The van der Waals surface area contributed by atoms with Crippen molar-refractivity contribution in [1.82, 2.24) is 4.57 Å². The quantitative estimate of drug-likeness (QED) is 0.556. The van der Waals surface area contributed by atoms with Crippen LogP contribution in [0.3, 0.4) is 0 Å². The second-order valence-corrected chi connectivity index (χ2v) is 6.47. The fraction of sp³-hybridized carbons (Fsp3) is 0.0870. The summed E-state index contributed by atoms with van der Waals surface area (Å²) < 4.78 is 2.07. The van der Waals surface area contributed by atoms with E-state index in [0.29, 0.717) is 5.56 Å². The van der Waals surface area contributed by atoms with Gasteiger partial charge in [0.25, 0.3) is 5.91 Å². The molecule has 0 saturated carbocycles. The summed E-state index contributed by atoms with van der Waals surface area (Å²) in [7, 11) is 2.01. The van der Waals surface area contributed by atoms with Gasteiger partial charge in [0.1, 0.15) is 0 Å². The number of carbonyl (C=O) groups excluding carboxylic acids is 1. The van der Waals surface area contributed by atoms with Gasteiger partial charge in [0.15, 0.2) is 0 Å². The lowest BCUT2D eigenvalue weighted by Crippen LogP contribution is -2.14. The first-order valence-electron chi connectivity index (χ1n) is 8.69. The average Bonchev–Trinajstić information content (AvgIpc) is 3.03. The Bertz CT molecular complexity index is 1060. The fourth-order valence-corrected chi connectivity index (χ4v) is 3.27. The summed E-state index contributed by atoms with van der Waals surface area (Å²) in [5, 5.41) is 4.15. The zero-order valence-corrected chi connectivity index (χ0v) is 14.6. The molecule has 128 valence electrons. The number of rotatable bonds is 4. The minimum Gasteiger partial charge on any atom is -0.351 e. The molecule has 0 bridgehead atoms. The number of aromatic nitrogens is 1. The van der Waals surface area contributed by atoms with Crippen LogP contribution >= 0.6 is 0 Å². The molecule has 0 saturated heterocycles. The van der Waals surface area contributed by atoms with Gasteiger partial charge in [0.2, 0.25) is 0 Å². The summed E-state index contributed by atoms with van der Waals surface area (Å²) in [6, 6.07) is 26.0. The van der Waals surface area contributed by atoms with Gasteiger partial charge in [-0.2, -0.15) is 0 Å². The van der Waals surface area contributed by atoms with Crippen molar-refractivity contribution in [2.75, 3.05) is 5.32 Å². The van der Waals surface area contributed by atoms with Crippen LogP contribution in [0, 0.1) is 0 Å². The minimum atomic E-state index is -0.0770. The van der Waals surface area contributed by atoms with E-state index < -0.39 is 0 Å². The number of nitrogens with zero attached hydrogens (tertiary/aromatic N) is 1. The molecule has 0 radical (unpaired) electrons. The number of anilines is 1. The van der Waals surface area contributed by atoms with Gasteiger partial charge >= 0.3 is 0 Å².